The molecule has 0 unspecified atom stereocenters. The molecule has 0 bridgehead atoms. The Labute approximate surface area is 115 Å². The normalized spacial score (nSPS) is 10.4. The van der Waals surface area contributed by atoms with Crippen molar-refractivity contribution in [3.8, 4) is 11.3 Å². The summed E-state index contributed by atoms with van der Waals surface area (Å²) in [7, 11) is 0. The van der Waals surface area contributed by atoms with Gasteiger partial charge in [-0.2, -0.15) is 0 Å². The van der Waals surface area contributed by atoms with Crippen LogP contribution in [0.3, 0.4) is 0 Å². The molecule has 2 N–H and O–H groups in total. The van der Waals surface area contributed by atoms with E-state index in [1.54, 1.807) is 0 Å². The zero-order valence-corrected chi connectivity index (χ0v) is 12.0. The van der Waals surface area contributed by atoms with Crippen LogP contribution in [-0.4, -0.2) is 4.98 Å². The van der Waals surface area contributed by atoms with Crippen molar-refractivity contribution < 1.29 is 0 Å². The smallest absolute Gasteiger partial charge is 0.138 e. The van der Waals surface area contributed by atoms with Gasteiger partial charge < -0.3 is 5.73 Å². The monoisotopic (exact) mass is 360 g/mol. The van der Waals surface area contributed by atoms with Crippen LogP contribution in [0.15, 0.2) is 39.3 Å². The van der Waals surface area contributed by atoms with E-state index in [0.717, 1.165) is 20.2 Å². The van der Waals surface area contributed by atoms with Crippen LogP contribution in [0, 0.1) is 0 Å². The third-order valence-electron chi connectivity index (χ3n) is 2.09. The van der Waals surface area contributed by atoms with Gasteiger partial charge in [-0.15, -0.1) is 0 Å². The van der Waals surface area contributed by atoms with Gasteiger partial charge >= 0.3 is 0 Å². The highest BCUT2D eigenvalue weighted by molar-refractivity contribution is 9.11. The van der Waals surface area contributed by atoms with Gasteiger partial charge in [-0.1, -0.05) is 29.8 Å². The molecule has 0 saturated heterocycles. The van der Waals surface area contributed by atoms with Crippen LogP contribution in [-0.2, 0) is 0 Å². The fraction of sp³-hybridized carbons (Fsp3) is 0. The van der Waals surface area contributed by atoms with Crippen LogP contribution in [0.4, 0.5) is 5.82 Å². The summed E-state index contributed by atoms with van der Waals surface area (Å²) in [6, 6.07) is 9.38. The van der Waals surface area contributed by atoms with Crippen LogP contribution >= 0.6 is 43.5 Å². The number of hydrogen-bond donors (Lipinski definition) is 1. The number of halogens is 3. The molecule has 0 saturated carbocycles. The average molecular weight is 362 g/mol. The third-order valence-corrected chi connectivity index (χ3v) is 3.65. The predicted molar refractivity (Wildman–Crippen MR) is 74.5 cm³/mol. The Hall–Kier alpha value is -0.580. The molecular weight excluding hydrogens is 355 g/mol. The number of aromatic nitrogens is 1. The van der Waals surface area contributed by atoms with Gasteiger partial charge in [0.15, 0.2) is 0 Å². The third kappa shape index (κ3) is 2.24. The molecule has 82 valence electrons. The first kappa shape index (κ1) is 11.9. The standard InChI is InChI=1S/C11H7Br2ClN2/c12-7-5-8(13)11(15)16-10(7)6-3-1-2-4-9(6)14/h1-5H,(H2,15,16). The Bertz CT molecular complexity index is 544. The second-order valence-electron chi connectivity index (χ2n) is 3.17. The number of nitrogen functional groups attached to an aromatic ring is 1. The highest BCUT2D eigenvalue weighted by Crippen LogP contribution is 2.34. The molecule has 2 aromatic rings. The Balaban J connectivity index is 2.65. The minimum absolute atomic E-state index is 0.443. The van der Waals surface area contributed by atoms with Crippen LogP contribution in [0.25, 0.3) is 11.3 Å². The molecule has 0 aliphatic carbocycles. The summed E-state index contributed by atoms with van der Waals surface area (Å²) < 4.78 is 1.61. The van der Waals surface area contributed by atoms with Crippen molar-refractivity contribution in [1.82, 2.24) is 4.98 Å². The summed E-state index contributed by atoms with van der Waals surface area (Å²) in [6.07, 6.45) is 0. The molecular formula is C11H7Br2ClN2. The predicted octanol–water partition coefficient (Wildman–Crippen LogP) is 4.51. The van der Waals surface area contributed by atoms with Gasteiger partial charge in [-0.05, 0) is 44.0 Å². The minimum Gasteiger partial charge on any atom is -0.383 e. The molecule has 2 nitrogen and oxygen atoms in total. The molecule has 1 heterocycles. The largest absolute Gasteiger partial charge is 0.383 e. The van der Waals surface area contributed by atoms with Crippen LogP contribution in [0.5, 0.6) is 0 Å². The number of nitrogens with two attached hydrogens (primary N) is 1. The molecule has 16 heavy (non-hydrogen) atoms. The molecule has 0 aliphatic rings. The maximum atomic E-state index is 6.11. The molecule has 1 aromatic heterocycles. The number of rotatable bonds is 1. The Morgan fingerprint density at radius 1 is 1.12 bits per heavy atom. The first-order chi connectivity index (χ1) is 7.59. The van der Waals surface area contributed by atoms with E-state index < -0.39 is 0 Å². The summed E-state index contributed by atoms with van der Waals surface area (Å²) >= 11 is 12.9. The lowest BCUT2D eigenvalue weighted by atomic mass is 10.1. The van der Waals surface area contributed by atoms with Gasteiger partial charge in [0.2, 0.25) is 0 Å². The Morgan fingerprint density at radius 2 is 1.81 bits per heavy atom. The van der Waals surface area contributed by atoms with Gasteiger partial charge in [0, 0.05) is 15.1 Å². The van der Waals surface area contributed by atoms with Crippen molar-refractivity contribution in [2.24, 2.45) is 0 Å². The van der Waals surface area contributed by atoms with E-state index in [2.05, 4.69) is 36.8 Å². The van der Waals surface area contributed by atoms with E-state index in [4.69, 9.17) is 17.3 Å². The van der Waals surface area contributed by atoms with Crippen LogP contribution < -0.4 is 5.73 Å². The van der Waals surface area contributed by atoms with Gasteiger partial charge in [0.1, 0.15) is 5.82 Å². The van der Waals surface area contributed by atoms with Gasteiger partial charge in [-0.3, -0.25) is 0 Å². The minimum atomic E-state index is 0.443. The van der Waals surface area contributed by atoms with Gasteiger partial charge in [-0.25, -0.2) is 4.98 Å². The second-order valence-corrected chi connectivity index (χ2v) is 5.28. The lowest BCUT2D eigenvalue weighted by molar-refractivity contribution is 1.30. The molecule has 0 spiro atoms. The maximum absolute atomic E-state index is 6.11. The zero-order chi connectivity index (χ0) is 11.7. The SMILES string of the molecule is Nc1nc(-c2ccccc2Cl)c(Br)cc1Br. The zero-order valence-electron chi connectivity index (χ0n) is 8.05. The number of pyridine rings is 1. The first-order valence-electron chi connectivity index (χ1n) is 4.46. The molecule has 0 radical (unpaired) electrons. The highest BCUT2D eigenvalue weighted by atomic mass is 79.9. The molecule has 1 aromatic carbocycles. The van der Waals surface area contributed by atoms with Crippen LogP contribution in [0.2, 0.25) is 5.02 Å². The fourth-order valence-electron chi connectivity index (χ4n) is 1.32. The second kappa shape index (κ2) is 4.73. The first-order valence-corrected chi connectivity index (χ1v) is 6.42. The Morgan fingerprint density at radius 3 is 2.50 bits per heavy atom. The number of nitrogens with zero attached hydrogens (tertiary/aromatic N) is 1. The van der Waals surface area contributed by atoms with E-state index >= 15 is 0 Å². The summed E-state index contributed by atoms with van der Waals surface area (Å²) in [5.74, 6) is 0.443. The van der Waals surface area contributed by atoms with Crippen LogP contribution in [0.1, 0.15) is 0 Å². The van der Waals surface area contributed by atoms with Crippen molar-refractivity contribution in [3.63, 3.8) is 0 Å². The van der Waals surface area contributed by atoms with E-state index in [1.165, 1.54) is 0 Å². The highest BCUT2D eigenvalue weighted by Gasteiger charge is 2.11. The van der Waals surface area contributed by atoms with Crippen molar-refractivity contribution in [2.45, 2.75) is 0 Å². The van der Waals surface area contributed by atoms with Gasteiger partial charge in [0.05, 0.1) is 10.2 Å². The topological polar surface area (TPSA) is 38.9 Å². The van der Waals surface area contributed by atoms with E-state index in [0.29, 0.717) is 10.8 Å². The molecule has 2 rings (SSSR count). The quantitative estimate of drug-likeness (QED) is 0.811. The number of anilines is 1. The molecule has 5 heteroatoms. The van der Waals surface area contributed by atoms with E-state index in [1.807, 2.05) is 30.3 Å². The van der Waals surface area contributed by atoms with E-state index in [9.17, 15) is 0 Å². The molecule has 0 amide bonds. The van der Waals surface area contributed by atoms with Crippen molar-refractivity contribution >= 4 is 49.3 Å². The van der Waals surface area contributed by atoms with Crippen molar-refractivity contribution in [3.05, 3.63) is 44.3 Å². The number of hydrogen-bond acceptors (Lipinski definition) is 2. The van der Waals surface area contributed by atoms with Crippen molar-refractivity contribution in [1.29, 1.82) is 0 Å². The van der Waals surface area contributed by atoms with Crippen molar-refractivity contribution in [2.75, 3.05) is 5.73 Å². The molecule has 0 aliphatic heterocycles. The van der Waals surface area contributed by atoms with Gasteiger partial charge in [0.25, 0.3) is 0 Å². The fourth-order valence-corrected chi connectivity index (χ4v) is 2.70. The molecule has 0 fully saturated rings. The lowest BCUT2D eigenvalue weighted by Gasteiger charge is -2.08. The maximum Gasteiger partial charge on any atom is 0.138 e. The van der Waals surface area contributed by atoms with E-state index in [-0.39, 0.29) is 0 Å². The average Bonchev–Trinajstić information content (AvgIpc) is 2.25. The number of benzene rings is 1. The lowest BCUT2D eigenvalue weighted by Crippen LogP contribution is -1.95. The summed E-state index contributed by atoms with van der Waals surface area (Å²) in [5.41, 5.74) is 7.35. The Kier molecular flexibility index (Phi) is 3.52. The summed E-state index contributed by atoms with van der Waals surface area (Å²) in [5, 5.41) is 0.650. The molecule has 0 atom stereocenters. The summed E-state index contributed by atoms with van der Waals surface area (Å²) in [6.45, 7) is 0. The summed E-state index contributed by atoms with van der Waals surface area (Å²) in [4.78, 5) is 4.30.